The van der Waals surface area contributed by atoms with Crippen LogP contribution in [0.25, 0.3) is 0 Å². The van der Waals surface area contributed by atoms with Gasteiger partial charge in [-0.1, -0.05) is 0 Å². The SMILES string of the molecule is CNCC1CCN(C2CCC(SC)CC2)C1. The quantitative estimate of drug-likeness (QED) is 0.814. The Morgan fingerprint density at radius 3 is 2.56 bits per heavy atom. The van der Waals surface area contributed by atoms with Gasteiger partial charge in [-0.15, -0.1) is 0 Å². The largest absolute Gasteiger partial charge is 0.319 e. The van der Waals surface area contributed by atoms with Crippen molar-refractivity contribution in [3.63, 3.8) is 0 Å². The summed E-state index contributed by atoms with van der Waals surface area (Å²) in [6.45, 7) is 3.90. The standard InChI is InChI=1S/C13H26N2S/c1-14-9-11-7-8-15(10-11)12-3-5-13(16-2)6-4-12/h11-14H,3-10H2,1-2H3. The molecule has 94 valence electrons. The lowest BCUT2D eigenvalue weighted by atomic mass is 9.94. The third-order valence-electron chi connectivity index (χ3n) is 4.30. The van der Waals surface area contributed by atoms with Crippen LogP contribution < -0.4 is 5.32 Å². The summed E-state index contributed by atoms with van der Waals surface area (Å²) in [5.74, 6) is 0.906. The third kappa shape index (κ3) is 3.14. The van der Waals surface area contributed by atoms with E-state index in [1.165, 1.54) is 51.7 Å². The highest BCUT2D eigenvalue weighted by molar-refractivity contribution is 7.99. The number of thioether (sulfide) groups is 1. The second kappa shape index (κ2) is 6.27. The Hall–Kier alpha value is 0.270. The van der Waals surface area contributed by atoms with Crippen molar-refractivity contribution < 1.29 is 0 Å². The van der Waals surface area contributed by atoms with E-state index in [1.54, 1.807) is 0 Å². The molecular formula is C13H26N2S. The Morgan fingerprint density at radius 1 is 1.19 bits per heavy atom. The van der Waals surface area contributed by atoms with Crippen LogP contribution >= 0.6 is 11.8 Å². The lowest BCUT2D eigenvalue weighted by Gasteiger charge is -2.34. The van der Waals surface area contributed by atoms with Crippen LogP contribution in [0.15, 0.2) is 0 Å². The van der Waals surface area contributed by atoms with E-state index in [4.69, 9.17) is 0 Å². The summed E-state index contributed by atoms with van der Waals surface area (Å²) in [6.07, 6.45) is 9.45. The van der Waals surface area contributed by atoms with Crippen LogP contribution in [0.4, 0.5) is 0 Å². The van der Waals surface area contributed by atoms with Gasteiger partial charge in [-0.2, -0.15) is 11.8 Å². The second-order valence-electron chi connectivity index (χ2n) is 5.37. The van der Waals surface area contributed by atoms with Crippen molar-refractivity contribution in [3.8, 4) is 0 Å². The van der Waals surface area contributed by atoms with Gasteiger partial charge >= 0.3 is 0 Å². The zero-order valence-electron chi connectivity index (χ0n) is 10.7. The van der Waals surface area contributed by atoms with Gasteiger partial charge in [0.25, 0.3) is 0 Å². The summed E-state index contributed by atoms with van der Waals surface area (Å²) in [6, 6.07) is 0.908. The average molecular weight is 242 g/mol. The summed E-state index contributed by atoms with van der Waals surface area (Å²) in [7, 11) is 2.08. The maximum absolute atomic E-state index is 3.32. The second-order valence-corrected chi connectivity index (χ2v) is 6.51. The van der Waals surface area contributed by atoms with E-state index in [2.05, 4.69) is 35.3 Å². The number of hydrogen-bond donors (Lipinski definition) is 1. The van der Waals surface area contributed by atoms with Crippen LogP contribution in [0.3, 0.4) is 0 Å². The first-order chi connectivity index (χ1) is 7.83. The monoisotopic (exact) mass is 242 g/mol. The van der Waals surface area contributed by atoms with E-state index in [0.717, 1.165) is 17.2 Å². The average Bonchev–Trinajstić information content (AvgIpc) is 2.78. The van der Waals surface area contributed by atoms with Crippen LogP contribution in [-0.4, -0.2) is 49.1 Å². The van der Waals surface area contributed by atoms with Gasteiger partial charge in [0.2, 0.25) is 0 Å². The first-order valence-corrected chi connectivity index (χ1v) is 8.03. The van der Waals surface area contributed by atoms with Crippen LogP contribution in [0.2, 0.25) is 0 Å². The summed E-state index contributed by atoms with van der Waals surface area (Å²) in [5, 5.41) is 4.27. The molecule has 0 aromatic carbocycles. The van der Waals surface area contributed by atoms with Gasteiger partial charge in [0.15, 0.2) is 0 Å². The van der Waals surface area contributed by atoms with Gasteiger partial charge in [-0.25, -0.2) is 0 Å². The summed E-state index contributed by atoms with van der Waals surface area (Å²) in [4.78, 5) is 2.76. The lowest BCUT2D eigenvalue weighted by Crippen LogP contribution is -2.37. The van der Waals surface area contributed by atoms with Crippen LogP contribution in [0.5, 0.6) is 0 Å². The molecule has 1 N–H and O–H groups in total. The van der Waals surface area contributed by atoms with Crippen LogP contribution in [0, 0.1) is 5.92 Å². The Kier molecular flexibility index (Phi) is 4.98. The molecule has 2 fully saturated rings. The molecule has 2 aliphatic rings. The highest BCUT2D eigenvalue weighted by Gasteiger charge is 2.30. The van der Waals surface area contributed by atoms with E-state index in [-0.39, 0.29) is 0 Å². The van der Waals surface area contributed by atoms with Crippen molar-refractivity contribution in [2.45, 2.75) is 43.4 Å². The fraction of sp³-hybridized carbons (Fsp3) is 1.00. The zero-order chi connectivity index (χ0) is 11.4. The number of likely N-dealkylation sites (tertiary alicyclic amines) is 1. The maximum Gasteiger partial charge on any atom is 0.00961 e. The first kappa shape index (κ1) is 12.7. The number of nitrogens with zero attached hydrogens (tertiary/aromatic N) is 1. The molecule has 1 aliphatic carbocycles. The van der Waals surface area contributed by atoms with E-state index < -0.39 is 0 Å². The number of rotatable bonds is 4. The van der Waals surface area contributed by atoms with Crippen molar-refractivity contribution >= 4 is 11.8 Å². The highest BCUT2D eigenvalue weighted by Crippen LogP contribution is 2.31. The molecule has 1 unspecified atom stereocenters. The number of hydrogen-bond acceptors (Lipinski definition) is 3. The molecule has 1 heterocycles. The van der Waals surface area contributed by atoms with Gasteiger partial charge in [-0.3, -0.25) is 0 Å². The molecule has 0 aromatic heterocycles. The first-order valence-electron chi connectivity index (χ1n) is 6.75. The summed E-state index contributed by atoms with van der Waals surface area (Å²) >= 11 is 2.07. The predicted molar refractivity (Wildman–Crippen MR) is 73.2 cm³/mol. The molecule has 1 aliphatic heterocycles. The Labute approximate surface area is 105 Å². The molecule has 0 aromatic rings. The molecule has 1 saturated carbocycles. The molecule has 3 heteroatoms. The summed E-state index contributed by atoms with van der Waals surface area (Å²) in [5.41, 5.74) is 0. The molecule has 1 saturated heterocycles. The van der Waals surface area contributed by atoms with Gasteiger partial charge in [0, 0.05) is 17.8 Å². The fourth-order valence-corrected chi connectivity index (χ4v) is 4.04. The van der Waals surface area contributed by atoms with E-state index in [9.17, 15) is 0 Å². The molecule has 2 nitrogen and oxygen atoms in total. The molecule has 0 amide bonds. The smallest absolute Gasteiger partial charge is 0.00961 e. The minimum atomic E-state index is 0.906. The molecule has 16 heavy (non-hydrogen) atoms. The van der Waals surface area contributed by atoms with Gasteiger partial charge in [-0.05, 0) is 64.4 Å². The molecule has 0 bridgehead atoms. The van der Waals surface area contributed by atoms with Crippen molar-refractivity contribution in [1.82, 2.24) is 10.2 Å². The van der Waals surface area contributed by atoms with Crippen molar-refractivity contribution in [1.29, 1.82) is 0 Å². The van der Waals surface area contributed by atoms with Gasteiger partial charge in [0.05, 0.1) is 0 Å². The topological polar surface area (TPSA) is 15.3 Å². The zero-order valence-corrected chi connectivity index (χ0v) is 11.6. The minimum Gasteiger partial charge on any atom is -0.319 e. The molecule has 0 spiro atoms. The van der Waals surface area contributed by atoms with Gasteiger partial charge < -0.3 is 10.2 Å². The molecule has 2 rings (SSSR count). The normalized spacial score (nSPS) is 36.8. The molecular weight excluding hydrogens is 216 g/mol. The van der Waals surface area contributed by atoms with Crippen molar-refractivity contribution in [2.75, 3.05) is 32.9 Å². The van der Waals surface area contributed by atoms with Crippen LogP contribution in [-0.2, 0) is 0 Å². The van der Waals surface area contributed by atoms with Crippen molar-refractivity contribution in [3.05, 3.63) is 0 Å². The van der Waals surface area contributed by atoms with E-state index in [0.29, 0.717) is 0 Å². The van der Waals surface area contributed by atoms with E-state index in [1.807, 2.05) is 0 Å². The lowest BCUT2D eigenvalue weighted by molar-refractivity contribution is 0.187. The molecule has 1 atom stereocenters. The Balaban J connectivity index is 1.73. The minimum absolute atomic E-state index is 0.906. The Bertz CT molecular complexity index is 202. The maximum atomic E-state index is 3.32. The fourth-order valence-electron chi connectivity index (χ4n) is 3.30. The third-order valence-corrected chi connectivity index (χ3v) is 5.44. The van der Waals surface area contributed by atoms with Crippen LogP contribution in [0.1, 0.15) is 32.1 Å². The number of nitrogens with one attached hydrogen (secondary N) is 1. The Morgan fingerprint density at radius 2 is 1.94 bits per heavy atom. The highest BCUT2D eigenvalue weighted by atomic mass is 32.2. The van der Waals surface area contributed by atoms with Crippen molar-refractivity contribution in [2.24, 2.45) is 5.92 Å². The summed E-state index contributed by atoms with van der Waals surface area (Å²) < 4.78 is 0. The molecule has 0 radical (unpaired) electrons. The van der Waals surface area contributed by atoms with E-state index >= 15 is 0 Å². The van der Waals surface area contributed by atoms with Gasteiger partial charge in [0.1, 0.15) is 0 Å². The predicted octanol–water partition coefficient (Wildman–Crippen LogP) is 2.20.